The number of nitrogens with one attached hydrogen (secondary N) is 2. The third kappa shape index (κ3) is 10.8. The normalized spacial score (nSPS) is 20.0. The molecule has 1 aromatic carbocycles. The summed E-state index contributed by atoms with van der Waals surface area (Å²) in [7, 11) is 0. The zero-order valence-electron chi connectivity index (χ0n) is 37.5. The number of nitriles is 1. The summed E-state index contributed by atoms with van der Waals surface area (Å²) in [5, 5.41) is 21.3. The standard InChI is InChI=1S/C49H57ClN12O4/c1-2-35-26-44-45(55-47(35)63)25-34(29-52-44)32-59-17-21-60(22-18-59)38-6-10-43(53-30-38)49(65)62-23-19-58(20-24-62)31-33-13-15-61(16-14-33)46-12-11-42(56-57-46)48(64)54-37-4-8-39(9-5-37)66-40-7-3-36(28-51)41(50)27-40/h3,6-7,10-12,25-27,29-30,33,37,39H,2,4-5,8-9,13-24,31-32H2,1H3,(H,54,64)(H,55,63). The van der Waals surface area contributed by atoms with E-state index < -0.39 is 0 Å². The number of anilines is 2. The largest absolute Gasteiger partial charge is 0.490 e. The molecule has 0 unspecified atom stereocenters. The number of halogens is 1. The predicted octanol–water partition coefficient (Wildman–Crippen LogP) is 5.31. The number of amides is 2. The molecule has 2 amide bonds. The summed E-state index contributed by atoms with van der Waals surface area (Å²) >= 11 is 6.16. The van der Waals surface area contributed by atoms with E-state index in [-0.39, 0.29) is 29.5 Å². The van der Waals surface area contributed by atoms with Crippen molar-refractivity contribution in [2.75, 3.05) is 81.8 Å². The Morgan fingerprint density at radius 3 is 2.26 bits per heavy atom. The number of piperazine rings is 2. The number of nitrogens with zero attached hydrogens (tertiary/aromatic N) is 10. The molecular formula is C49H57ClN12O4. The number of aryl methyl sites for hydroxylation is 1. The minimum Gasteiger partial charge on any atom is -0.490 e. The van der Waals surface area contributed by atoms with Crippen LogP contribution in [0.2, 0.25) is 5.02 Å². The fraction of sp³-hybridized carbons (Fsp3) is 0.469. The number of rotatable bonds is 12. The van der Waals surface area contributed by atoms with Gasteiger partial charge in [0.1, 0.15) is 17.5 Å². The molecule has 4 aromatic heterocycles. The van der Waals surface area contributed by atoms with Gasteiger partial charge in [-0.25, -0.2) is 4.98 Å². The summed E-state index contributed by atoms with van der Waals surface area (Å²) in [6.45, 7) is 12.1. The first-order valence-corrected chi connectivity index (χ1v) is 23.8. The molecule has 3 aliphatic heterocycles. The first kappa shape index (κ1) is 45.0. The first-order chi connectivity index (χ1) is 32.2. The molecule has 3 saturated heterocycles. The van der Waals surface area contributed by atoms with E-state index in [1.165, 1.54) is 0 Å². The monoisotopic (exact) mass is 912 g/mol. The second-order valence-electron chi connectivity index (χ2n) is 18.0. The number of pyridine rings is 3. The van der Waals surface area contributed by atoms with Crippen molar-refractivity contribution >= 4 is 46.0 Å². The first-order valence-electron chi connectivity index (χ1n) is 23.4. The van der Waals surface area contributed by atoms with Gasteiger partial charge in [-0.2, -0.15) is 5.26 Å². The summed E-state index contributed by atoms with van der Waals surface area (Å²) in [5.41, 5.74) is 5.62. The number of piperidine rings is 1. The Morgan fingerprint density at radius 1 is 0.818 bits per heavy atom. The van der Waals surface area contributed by atoms with E-state index in [1.807, 2.05) is 54.5 Å². The number of carbonyl (C=O) groups excluding carboxylic acids is 2. The van der Waals surface area contributed by atoms with E-state index in [4.69, 9.17) is 21.6 Å². The Kier molecular flexibility index (Phi) is 14.0. The number of aromatic amines is 1. The molecule has 344 valence electrons. The molecule has 1 saturated carbocycles. The second-order valence-corrected chi connectivity index (χ2v) is 18.4. The van der Waals surface area contributed by atoms with Crippen LogP contribution in [-0.4, -0.2) is 136 Å². The van der Waals surface area contributed by atoms with Crippen LogP contribution in [0.4, 0.5) is 11.5 Å². The van der Waals surface area contributed by atoms with Crippen molar-refractivity contribution in [2.24, 2.45) is 5.92 Å². The highest BCUT2D eigenvalue weighted by atomic mass is 35.5. The Labute approximate surface area is 389 Å². The lowest BCUT2D eigenvalue weighted by molar-refractivity contribution is 0.0604. The number of fused-ring (bicyclic) bond motifs is 1. The third-order valence-electron chi connectivity index (χ3n) is 13.7. The highest BCUT2D eigenvalue weighted by molar-refractivity contribution is 6.31. The molecule has 17 heteroatoms. The lowest BCUT2D eigenvalue weighted by atomic mass is 9.93. The maximum Gasteiger partial charge on any atom is 0.272 e. The maximum absolute atomic E-state index is 13.5. The molecule has 7 heterocycles. The van der Waals surface area contributed by atoms with Crippen LogP contribution in [0, 0.1) is 17.2 Å². The molecule has 0 atom stereocenters. The highest BCUT2D eigenvalue weighted by Gasteiger charge is 2.29. The van der Waals surface area contributed by atoms with E-state index in [2.05, 4.69) is 56.1 Å². The minimum atomic E-state index is -0.215. The number of carbonyl (C=O) groups is 2. The van der Waals surface area contributed by atoms with Crippen molar-refractivity contribution in [2.45, 2.75) is 70.6 Å². The molecule has 0 spiro atoms. The van der Waals surface area contributed by atoms with Crippen molar-refractivity contribution in [3.8, 4) is 11.8 Å². The van der Waals surface area contributed by atoms with E-state index in [0.29, 0.717) is 53.2 Å². The zero-order chi connectivity index (χ0) is 45.6. The molecule has 0 bridgehead atoms. The molecule has 5 aromatic rings. The fourth-order valence-electron chi connectivity index (χ4n) is 9.69. The topological polar surface area (TPSA) is 180 Å². The molecule has 1 aliphatic carbocycles. The number of aromatic nitrogens is 5. The summed E-state index contributed by atoms with van der Waals surface area (Å²) < 4.78 is 6.09. The van der Waals surface area contributed by atoms with Crippen LogP contribution in [-0.2, 0) is 13.0 Å². The van der Waals surface area contributed by atoms with Gasteiger partial charge < -0.3 is 29.7 Å². The summed E-state index contributed by atoms with van der Waals surface area (Å²) in [5.74, 6) is 1.78. The van der Waals surface area contributed by atoms with E-state index in [1.54, 1.807) is 24.3 Å². The van der Waals surface area contributed by atoms with Crippen LogP contribution >= 0.6 is 11.6 Å². The highest BCUT2D eigenvalue weighted by Crippen LogP contribution is 2.28. The van der Waals surface area contributed by atoms with Gasteiger partial charge in [0, 0.05) is 102 Å². The van der Waals surface area contributed by atoms with Gasteiger partial charge >= 0.3 is 0 Å². The minimum absolute atomic E-state index is 0.0128. The Morgan fingerprint density at radius 2 is 1.58 bits per heavy atom. The molecule has 66 heavy (non-hydrogen) atoms. The molecule has 4 aliphatic rings. The Bertz CT molecular complexity index is 2590. The molecule has 4 fully saturated rings. The molecule has 9 rings (SSSR count). The number of benzene rings is 1. The predicted molar refractivity (Wildman–Crippen MR) is 253 cm³/mol. The van der Waals surface area contributed by atoms with E-state index >= 15 is 0 Å². The van der Waals surface area contributed by atoms with Crippen LogP contribution in [0.3, 0.4) is 0 Å². The van der Waals surface area contributed by atoms with Crippen LogP contribution in [0.15, 0.2) is 71.8 Å². The average Bonchev–Trinajstić information content (AvgIpc) is 3.35. The summed E-state index contributed by atoms with van der Waals surface area (Å²) in [6, 6.07) is 18.7. The van der Waals surface area contributed by atoms with Crippen molar-refractivity contribution in [3.05, 3.63) is 110 Å². The lowest BCUT2D eigenvalue weighted by Crippen LogP contribution is -2.50. The van der Waals surface area contributed by atoms with Crippen molar-refractivity contribution in [3.63, 3.8) is 0 Å². The number of hydrogen-bond donors (Lipinski definition) is 2. The van der Waals surface area contributed by atoms with Crippen LogP contribution in [0.1, 0.15) is 83.1 Å². The van der Waals surface area contributed by atoms with Crippen molar-refractivity contribution in [1.82, 2.24) is 45.2 Å². The Balaban J connectivity index is 0.657. The summed E-state index contributed by atoms with van der Waals surface area (Å²) in [4.78, 5) is 62.5. The van der Waals surface area contributed by atoms with Crippen molar-refractivity contribution < 1.29 is 14.3 Å². The summed E-state index contributed by atoms with van der Waals surface area (Å²) in [6.07, 6.45) is 9.72. The molecule has 0 radical (unpaired) electrons. The molecular weight excluding hydrogens is 856 g/mol. The van der Waals surface area contributed by atoms with Crippen LogP contribution in [0.5, 0.6) is 5.75 Å². The van der Waals surface area contributed by atoms with Crippen LogP contribution in [0.25, 0.3) is 11.0 Å². The van der Waals surface area contributed by atoms with Crippen LogP contribution < -0.4 is 25.4 Å². The second kappa shape index (κ2) is 20.6. The fourth-order valence-corrected chi connectivity index (χ4v) is 9.91. The Hall–Kier alpha value is -6.15. The van der Waals surface area contributed by atoms with Crippen molar-refractivity contribution in [1.29, 1.82) is 5.26 Å². The lowest BCUT2D eigenvalue weighted by Gasteiger charge is -2.39. The quantitative estimate of drug-likeness (QED) is 0.165. The van der Waals surface area contributed by atoms with Gasteiger partial charge in [-0.05, 0) is 105 Å². The van der Waals surface area contributed by atoms with Gasteiger partial charge in [-0.1, -0.05) is 18.5 Å². The van der Waals surface area contributed by atoms with Gasteiger partial charge in [0.25, 0.3) is 17.4 Å². The maximum atomic E-state index is 13.5. The van der Waals surface area contributed by atoms with Gasteiger partial charge in [-0.3, -0.25) is 29.2 Å². The molecule has 2 N–H and O–H groups in total. The van der Waals surface area contributed by atoms with Gasteiger partial charge in [0.05, 0.1) is 39.6 Å². The van der Waals surface area contributed by atoms with Gasteiger partial charge in [-0.15, -0.1) is 10.2 Å². The van der Waals surface area contributed by atoms with Gasteiger partial charge in [0.15, 0.2) is 11.5 Å². The molecule has 16 nitrogen and oxygen atoms in total. The number of hydrogen-bond acceptors (Lipinski definition) is 13. The van der Waals surface area contributed by atoms with E-state index in [0.717, 1.165) is 138 Å². The van der Waals surface area contributed by atoms with Gasteiger partial charge in [0.2, 0.25) is 0 Å². The number of H-pyrrole nitrogens is 1. The third-order valence-corrected chi connectivity index (χ3v) is 14.0. The smallest absolute Gasteiger partial charge is 0.272 e. The van der Waals surface area contributed by atoms with E-state index in [9.17, 15) is 14.4 Å². The number of ether oxygens (including phenoxy) is 1. The zero-order valence-corrected chi connectivity index (χ0v) is 38.3. The SMILES string of the molecule is CCc1cc2ncc(CN3CCN(c4ccc(C(=O)N5CCN(CC6CCN(c7ccc(C(=O)NC8CCC(Oc9ccc(C#N)c(Cl)c9)CC8)nn7)CC6)CC5)nc4)CC3)cc2[nH]c1=O. The average molecular weight is 914 g/mol.